The monoisotopic (exact) mass is 550 g/mol. The van der Waals surface area contributed by atoms with E-state index in [2.05, 4.69) is 5.32 Å². The Hall–Kier alpha value is -2.55. The molecule has 3 aliphatic carbocycles. The number of carbonyl (C=O) groups is 2. The maximum atomic E-state index is 13.6. The average molecular weight is 551 g/mol. The number of likely N-dealkylation sites (N-methyl/N-ethyl adjacent to an activating group) is 1. The van der Waals surface area contributed by atoms with E-state index in [1.165, 1.54) is 12.1 Å². The molecule has 6 rings (SSSR count). The minimum atomic E-state index is -0.731. The topological polar surface area (TPSA) is 88.1 Å². The summed E-state index contributed by atoms with van der Waals surface area (Å²) in [6, 6.07) is 9.32. The van der Waals surface area contributed by atoms with Crippen molar-refractivity contribution in [2.75, 3.05) is 25.1 Å². The molecule has 10 heteroatoms. The van der Waals surface area contributed by atoms with Crippen LogP contribution in [0.1, 0.15) is 38.5 Å². The summed E-state index contributed by atoms with van der Waals surface area (Å²) in [7, 11) is 1.89. The zero-order chi connectivity index (χ0) is 26.4. The first-order valence-electron chi connectivity index (χ1n) is 12.4. The molecule has 0 aromatic heterocycles. The van der Waals surface area contributed by atoms with E-state index in [9.17, 15) is 19.1 Å². The van der Waals surface area contributed by atoms with Crippen molar-refractivity contribution in [1.82, 2.24) is 5.32 Å². The molecule has 3 fully saturated rings. The summed E-state index contributed by atoms with van der Waals surface area (Å²) in [5.74, 6) is -0.163. The maximum absolute atomic E-state index is 13.6. The Morgan fingerprint density at radius 3 is 2.65 bits per heavy atom. The van der Waals surface area contributed by atoms with Gasteiger partial charge in [0, 0.05) is 35.5 Å². The number of carbonyl (C=O) groups excluding carboxylic acids is 2. The summed E-state index contributed by atoms with van der Waals surface area (Å²) in [6.07, 6.45) is 1.70. The molecule has 4 aliphatic rings. The van der Waals surface area contributed by atoms with Crippen LogP contribution >= 0.6 is 23.2 Å². The lowest BCUT2D eigenvalue weighted by Crippen LogP contribution is -2.64. The lowest BCUT2D eigenvalue weighted by molar-refractivity contribution is -0.144. The smallest absolute Gasteiger partial charge is 0.263 e. The number of ketones is 1. The van der Waals surface area contributed by atoms with E-state index in [0.29, 0.717) is 49.4 Å². The molecule has 0 unspecified atom stereocenters. The first-order valence-corrected chi connectivity index (χ1v) is 13.1. The fourth-order valence-corrected chi connectivity index (χ4v) is 6.18. The normalized spacial score (nSPS) is 28.3. The van der Waals surface area contributed by atoms with Gasteiger partial charge in [-0.25, -0.2) is 4.39 Å². The van der Waals surface area contributed by atoms with E-state index in [4.69, 9.17) is 32.7 Å². The number of fused-ring (bicyclic) bond motifs is 4. The first-order chi connectivity index (χ1) is 17.6. The predicted molar refractivity (Wildman–Crippen MR) is 138 cm³/mol. The van der Waals surface area contributed by atoms with Crippen molar-refractivity contribution in [2.24, 2.45) is 5.41 Å². The molecule has 198 valence electrons. The molecule has 2 aromatic rings. The Morgan fingerprint density at radius 2 is 1.95 bits per heavy atom. The lowest BCUT2D eigenvalue weighted by atomic mass is 9.54. The molecule has 0 spiro atoms. The van der Waals surface area contributed by atoms with Gasteiger partial charge in [0.25, 0.3) is 5.91 Å². The molecule has 0 radical (unpaired) electrons. The molecule has 2 N–H and O–H groups in total. The second-order valence-corrected chi connectivity index (χ2v) is 11.4. The highest BCUT2D eigenvalue weighted by Crippen LogP contribution is 2.54. The van der Waals surface area contributed by atoms with Gasteiger partial charge in [0.2, 0.25) is 0 Å². The van der Waals surface area contributed by atoms with Gasteiger partial charge in [0.1, 0.15) is 23.9 Å². The molecular formula is C27H29Cl2FN2O5. The van der Waals surface area contributed by atoms with Crippen molar-refractivity contribution in [3.8, 4) is 11.5 Å². The van der Waals surface area contributed by atoms with Gasteiger partial charge in [-0.15, -0.1) is 0 Å². The minimum absolute atomic E-state index is 0.0162. The number of ether oxygens (including phenoxy) is 2. The van der Waals surface area contributed by atoms with Crippen LogP contribution in [0.15, 0.2) is 36.4 Å². The van der Waals surface area contributed by atoms with Crippen molar-refractivity contribution in [3.63, 3.8) is 0 Å². The van der Waals surface area contributed by atoms with Crippen LogP contribution in [0.25, 0.3) is 0 Å². The second kappa shape index (κ2) is 9.97. The number of rotatable bonds is 7. The molecule has 2 bridgehead atoms. The highest BCUT2D eigenvalue weighted by molar-refractivity contribution is 6.31. The third-order valence-electron chi connectivity index (χ3n) is 8.06. The summed E-state index contributed by atoms with van der Waals surface area (Å²) in [6.45, 7) is 0.171. The van der Waals surface area contributed by atoms with E-state index < -0.39 is 29.0 Å². The number of halogens is 3. The summed E-state index contributed by atoms with van der Waals surface area (Å²) < 4.78 is 25.0. The SMILES string of the molecule is CN1C[C@@H](C(=O)NC23CCC(CC(=O)COc4ccc(Cl)c(F)c4)(CC2)[C@@H](O)C3)Oc2ccc(Cl)cc21. The molecule has 7 nitrogen and oxygen atoms in total. The van der Waals surface area contributed by atoms with Crippen LogP contribution in [0.3, 0.4) is 0 Å². The van der Waals surface area contributed by atoms with Crippen molar-refractivity contribution in [3.05, 3.63) is 52.3 Å². The summed E-state index contributed by atoms with van der Waals surface area (Å²) >= 11 is 11.8. The number of aliphatic hydroxyl groups is 1. The predicted octanol–water partition coefficient (Wildman–Crippen LogP) is 4.55. The third-order valence-corrected chi connectivity index (χ3v) is 8.60. The molecule has 1 aliphatic heterocycles. The molecule has 1 heterocycles. The number of nitrogens with zero attached hydrogens (tertiary/aromatic N) is 1. The Labute approximate surface area is 224 Å². The number of hydrogen-bond donors (Lipinski definition) is 2. The van der Waals surface area contributed by atoms with Gasteiger partial charge in [-0.05, 0) is 62.4 Å². The second-order valence-electron chi connectivity index (χ2n) is 10.5. The standard InChI is InChI=1S/C27H29Cl2FN2O5/c1-32-14-23(37-22-5-2-16(28)10-21(22)32)25(35)31-27-8-6-26(7-9-27,24(34)13-27)12-17(33)15-36-18-3-4-19(29)20(30)11-18/h2-5,10-11,23-24,34H,6-9,12-15H2,1H3,(H,31,35)/t23-,24-,26?,27?/m0/s1. The van der Waals surface area contributed by atoms with Gasteiger partial charge in [0.15, 0.2) is 11.9 Å². The van der Waals surface area contributed by atoms with Crippen LogP contribution in [0.4, 0.5) is 10.1 Å². The van der Waals surface area contributed by atoms with Gasteiger partial charge in [0.05, 0.1) is 23.4 Å². The van der Waals surface area contributed by atoms with E-state index >= 15 is 0 Å². The molecule has 37 heavy (non-hydrogen) atoms. The average Bonchev–Trinajstić information content (AvgIpc) is 2.86. The van der Waals surface area contributed by atoms with Crippen LogP contribution < -0.4 is 19.7 Å². The Balaban J connectivity index is 1.17. The van der Waals surface area contributed by atoms with Crippen molar-refractivity contribution in [2.45, 2.75) is 56.3 Å². The van der Waals surface area contributed by atoms with Gasteiger partial charge in [-0.2, -0.15) is 0 Å². The number of anilines is 1. The Morgan fingerprint density at radius 1 is 1.19 bits per heavy atom. The first kappa shape index (κ1) is 26.1. The lowest BCUT2D eigenvalue weighted by Gasteiger charge is -2.56. The fraction of sp³-hybridized carbons (Fsp3) is 0.481. The number of hydrogen-bond acceptors (Lipinski definition) is 6. The van der Waals surface area contributed by atoms with Crippen molar-refractivity contribution in [1.29, 1.82) is 0 Å². The zero-order valence-electron chi connectivity index (χ0n) is 20.4. The highest BCUT2D eigenvalue weighted by Gasteiger charge is 2.55. The summed E-state index contributed by atoms with van der Waals surface area (Å²) in [5.41, 5.74) is -0.237. The number of nitrogens with one attached hydrogen (secondary N) is 1. The van der Waals surface area contributed by atoms with E-state index in [1.54, 1.807) is 12.1 Å². The number of Topliss-reactive ketones (excluding diaryl/α,β-unsaturated/α-hetero) is 1. The summed E-state index contributed by atoms with van der Waals surface area (Å²) in [5, 5.41) is 14.8. The van der Waals surface area contributed by atoms with Crippen molar-refractivity contribution >= 4 is 40.6 Å². The number of benzene rings is 2. The van der Waals surface area contributed by atoms with Crippen LogP contribution in [-0.4, -0.2) is 54.7 Å². The van der Waals surface area contributed by atoms with Gasteiger partial charge in [-0.1, -0.05) is 23.2 Å². The summed E-state index contributed by atoms with van der Waals surface area (Å²) in [4.78, 5) is 27.9. The number of amides is 1. The van der Waals surface area contributed by atoms with Gasteiger partial charge < -0.3 is 24.8 Å². The van der Waals surface area contributed by atoms with E-state index in [-0.39, 0.29) is 35.5 Å². The molecule has 2 aromatic carbocycles. The van der Waals surface area contributed by atoms with Gasteiger partial charge in [-0.3, -0.25) is 9.59 Å². The van der Waals surface area contributed by atoms with Crippen LogP contribution in [0.5, 0.6) is 11.5 Å². The minimum Gasteiger partial charge on any atom is -0.486 e. The fourth-order valence-electron chi connectivity index (χ4n) is 5.90. The molecule has 0 saturated heterocycles. The van der Waals surface area contributed by atoms with E-state index in [1.807, 2.05) is 18.0 Å². The van der Waals surface area contributed by atoms with Crippen LogP contribution in [-0.2, 0) is 9.59 Å². The molecule has 3 saturated carbocycles. The van der Waals surface area contributed by atoms with Gasteiger partial charge >= 0.3 is 0 Å². The Kier molecular flexibility index (Phi) is 7.02. The quantitative estimate of drug-likeness (QED) is 0.525. The number of aliphatic hydroxyl groups excluding tert-OH is 1. The van der Waals surface area contributed by atoms with Crippen LogP contribution in [0.2, 0.25) is 10.0 Å². The van der Waals surface area contributed by atoms with Crippen LogP contribution in [0, 0.1) is 11.2 Å². The van der Waals surface area contributed by atoms with E-state index in [0.717, 1.165) is 11.8 Å². The third kappa shape index (κ3) is 5.24. The molecular weight excluding hydrogens is 522 g/mol. The zero-order valence-corrected chi connectivity index (χ0v) is 21.9. The largest absolute Gasteiger partial charge is 0.486 e. The molecule has 2 atom stereocenters. The van der Waals surface area contributed by atoms with Crippen molar-refractivity contribution < 1.29 is 28.6 Å². The molecule has 1 amide bonds. The Bertz CT molecular complexity index is 1220. The maximum Gasteiger partial charge on any atom is 0.263 e. The highest BCUT2D eigenvalue weighted by atomic mass is 35.5.